The second-order valence-electron chi connectivity index (χ2n) is 6.81. The van der Waals surface area contributed by atoms with Crippen LogP contribution in [0, 0.1) is 0 Å². The Kier molecular flexibility index (Phi) is 5.06. The number of unbranched alkanes of at least 4 members (excludes halogenated alkanes) is 1. The number of urea groups is 1. The van der Waals surface area contributed by atoms with Crippen molar-refractivity contribution in [1.29, 1.82) is 0 Å². The summed E-state index contributed by atoms with van der Waals surface area (Å²) in [6, 6.07) is -0.563. The highest BCUT2D eigenvalue weighted by Gasteiger charge is 2.35. The lowest BCUT2D eigenvalue weighted by Crippen LogP contribution is -2.48. The molecule has 3 rings (SSSR count). The molecule has 1 aromatic heterocycles. The van der Waals surface area contributed by atoms with E-state index in [0.29, 0.717) is 12.5 Å². The number of nitrogens with one attached hydrogen (secondary N) is 1. The van der Waals surface area contributed by atoms with Crippen molar-refractivity contribution in [2.24, 2.45) is 0 Å². The number of nitrogens with zero attached hydrogens (tertiary/aromatic N) is 4. The summed E-state index contributed by atoms with van der Waals surface area (Å²) in [4.78, 5) is 32.1. The van der Waals surface area contributed by atoms with E-state index in [0.717, 1.165) is 44.7 Å². The summed E-state index contributed by atoms with van der Waals surface area (Å²) in [5, 5.41) is 2.75. The van der Waals surface area contributed by atoms with Crippen LogP contribution < -0.4 is 5.32 Å². The van der Waals surface area contributed by atoms with Gasteiger partial charge in [-0.3, -0.25) is 4.79 Å². The van der Waals surface area contributed by atoms with Crippen molar-refractivity contribution >= 4 is 11.9 Å². The Morgan fingerprint density at radius 3 is 2.75 bits per heavy atom. The molecular weight excluding hydrogens is 306 g/mol. The van der Waals surface area contributed by atoms with Crippen LogP contribution in [0.15, 0.2) is 12.4 Å². The first kappa shape index (κ1) is 16.8. The Bertz CT molecular complexity index is 592. The van der Waals surface area contributed by atoms with Gasteiger partial charge in [0.1, 0.15) is 11.9 Å². The van der Waals surface area contributed by atoms with Crippen LogP contribution in [-0.4, -0.2) is 64.0 Å². The molecule has 0 aliphatic carbocycles. The smallest absolute Gasteiger partial charge is 0.317 e. The molecule has 0 bridgehead atoms. The van der Waals surface area contributed by atoms with Gasteiger partial charge >= 0.3 is 6.03 Å². The molecule has 24 heavy (non-hydrogen) atoms. The van der Waals surface area contributed by atoms with E-state index in [2.05, 4.69) is 28.0 Å². The van der Waals surface area contributed by atoms with E-state index in [1.54, 1.807) is 11.9 Å². The summed E-state index contributed by atoms with van der Waals surface area (Å²) in [7, 11) is 1.71. The van der Waals surface area contributed by atoms with E-state index in [-0.39, 0.29) is 11.9 Å². The number of aryl methyl sites for hydroxylation is 1. The van der Waals surface area contributed by atoms with Crippen molar-refractivity contribution in [2.75, 3.05) is 26.7 Å². The van der Waals surface area contributed by atoms with Gasteiger partial charge in [-0.1, -0.05) is 13.3 Å². The summed E-state index contributed by atoms with van der Waals surface area (Å²) in [6.07, 6.45) is 8.15. The third-order valence-corrected chi connectivity index (χ3v) is 5.07. The maximum absolute atomic E-state index is 12.6. The number of carbonyl (C=O) groups excluding carboxylic acids is 2. The number of amides is 3. The van der Waals surface area contributed by atoms with Crippen molar-refractivity contribution in [2.45, 2.75) is 51.1 Å². The number of hydrogen-bond acceptors (Lipinski definition) is 3. The highest BCUT2D eigenvalue weighted by molar-refractivity contribution is 5.90. The molecule has 7 heteroatoms. The van der Waals surface area contributed by atoms with Crippen LogP contribution in [0.25, 0.3) is 0 Å². The predicted octanol–water partition coefficient (Wildman–Crippen LogP) is 1.41. The van der Waals surface area contributed by atoms with Gasteiger partial charge in [0.05, 0.1) is 6.54 Å². The summed E-state index contributed by atoms with van der Waals surface area (Å²) in [5.41, 5.74) is 0. The number of likely N-dealkylation sites (N-methyl/N-ethyl adjacent to an activating group) is 1. The molecule has 3 amide bonds. The zero-order chi connectivity index (χ0) is 17.1. The number of rotatable bonds is 5. The summed E-state index contributed by atoms with van der Waals surface area (Å²) in [5.74, 6) is 1.62. The van der Waals surface area contributed by atoms with Gasteiger partial charge < -0.3 is 19.7 Å². The van der Waals surface area contributed by atoms with Gasteiger partial charge in [0.15, 0.2) is 0 Å². The molecule has 0 aromatic carbocycles. The van der Waals surface area contributed by atoms with Crippen LogP contribution in [0.3, 0.4) is 0 Å². The average Bonchev–Trinajstić information content (AvgIpc) is 3.19. The first-order chi connectivity index (χ1) is 11.6. The molecule has 3 heterocycles. The number of hydrogen-bond donors (Lipinski definition) is 1. The van der Waals surface area contributed by atoms with E-state index < -0.39 is 6.04 Å². The third-order valence-electron chi connectivity index (χ3n) is 5.07. The molecule has 0 radical (unpaired) electrons. The Morgan fingerprint density at radius 2 is 2.12 bits per heavy atom. The van der Waals surface area contributed by atoms with Gasteiger partial charge in [0, 0.05) is 45.0 Å². The first-order valence-electron chi connectivity index (χ1n) is 8.91. The van der Waals surface area contributed by atoms with Crippen molar-refractivity contribution in [3.05, 3.63) is 18.2 Å². The van der Waals surface area contributed by atoms with Crippen LogP contribution in [-0.2, 0) is 11.3 Å². The van der Waals surface area contributed by atoms with Crippen molar-refractivity contribution in [1.82, 2.24) is 24.7 Å². The second kappa shape index (κ2) is 7.23. The average molecular weight is 333 g/mol. The summed E-state index contributed by atoms with van der Waals surface area (Å²) < 4.78 is 2.26. The minimum Gasteiger partial charge on any atom is -0.341 e. The minimum atomic E-state index is -0.398. The van der Waals surface area contributed by atoms with Crippen molar-refractivity contribution in [3.8, 4) is 0 Å². The normalized spacial score (nSPS) is 22.1. The van der Waals surface area contributed by atoms with Gasteiger partial charge in [0.25, 0.3) is 0 Å². The van der Waals surface area contributed by atoms with Gasteiger partial charge in [-0.05, 0) is 19.3 Å². The molecule has 132 valence electrons. The molecule has 0 spiro atoms. The van der Waals surface area contributed by atoms with Gasteiger partial charge in [-0.2, -0.15) is 0 Å². The third kappa shape index (κ3) is 3.39. The molecule has 2 fully saturated rings. The van der Waals surface area contributed by atoms with E-state index in [1.165, 1.54) is 6.42 Å². The standard InChI is InChI=1S/C17H27N5O2/c1-3-4-8-21-11-7-18-15(21)13-5-9-22(10-6-13)16(23)14-12-20(2)17(24)19-14/h7,11,13-14H,3-6,8-10,12H2,1-2H3,(H,19,24)/t14-/m1/s1. The molecule has 1 atom stereocenters. The Labute approximate surface area is 143 Å². The van der Waals surface area contributed by atoms with Crippen LogP contribution in [0.2, 0.25) is 0 Å². The molecule has 2 aliphatic heterocycles. The molecule has 2 saturated heterocycles. The maximum atomic E-state index is 12.6. The van der Waals surface area contributed by atoms with Crippen LogP contribution in [0.1, 0.15) is 44.3 Å². The van der Waals surface area contributed by atoms with Gasteiger partial charge in [0.2, 0.25) is 5.91 Å². The summed E-state index contributed by atoms with van der Waals surface area (Å²) >= 11 is 0. The van der Waals surface area contributed by atoms with E-state index in [1.807, 2.05) is 11.1 Å². The van der Waals surface area contributed by atoms with Crippen LogP contribution in [0.4, 0.5) is 4.79 Å². The lowest BCUT2D eigenvalue weighted by atomic mass is 9.95. The van der Waals surface area contributed by atoms with Crippen molar-refractivity contribution in [3.63, 3.8) is 0 Å². The molecule has 1 N–H and O–H groups in total. The zero-order valence-electron chi connectivity index (χ0n) is 14.6. The topological polar surface area (TPSA) is 70.5 Å². The minimum absolute atomic E-state index is 0.0421. The number of likely N-dealkylation sites (tertiary alicyclic amines) is 1. The molecule has 1 aromatic rings. The Hall–Kier alpha value is -2.05. The fraction of sp³-hybridized carbons (Fsp3) is 0.706. The second-order valence-corrected chi connectivity index (χ2v) is 6.81. The first-order valence-corrected chi connectivity index (χ1v) is 8.91. The zero-order valence-corrected chi connectivity index (χ0v) is 14.6. The fourth-order valence-corrected chi connectivity index (χ4v) is 3.58. The SMILES string of the molecule is CCCCn1ccnc1C1CCN(C(=O)[C@H]2CN(C)C(=O)N2)CC1. The molecule has 2 aliphatic rings. The van der Waals surface area contributed by atoms with Crippen LogP contribution in [0.5, 0.6) is 0 Å². The fourth-order valence-electron chi connectivity index (χ4n) is 3.58. The van der Waals surface area contributed by atoms with E-state index in [4.69, 9.17) is 0 Å². The monoisotopic (exact) mass is 333 g/mol. The largest absolute Gasteiger partial charge is 0.341 e. The highest BCUT2D eigenvalue weighted by Crippen LogP contribution is 2.27. The lowest BCUT2D eigenvalue weighted by Gasteiger charge is -2.33. The molecule has 7 nitrogen and oxygen atoms in total. The van der Waals surface area contributed by atoms with Gasteiger partial charge in [-0.25, -0.2) is 9.78 Å². The molecule has 0 saturated carbocycles. The van der Waals surface area contributed by atoms with Crippen molar-refractivity contribution < 1.29 is 9.59 Å². The quantitative estimate of drug-likeness (QED) is 0.886. The van der Waals surface area contributed by atoms with E-state index >= 15 is 0 Å². The highest BCUT2D eigenvalue weighted by atomic mass is 16.2. The number of carbonyl (C=O) groups is 2. The maximum Gasteiger partial charge on any atom is 0.317 e. The number of imidazole rings is 1. The van der Waals surface area contributed by atoms with E-state index in [9.17, 15) is 9.59 Å². The predicted molar refractivity (Wildman–Crippen MR) is 90.6 cm³/mol. The Morgan fingerprint density at radius 1 is 1.38 bits per heavy atom. The molecule has 0 unspecified atom stereocenters. The summed E-state index contributed by atoms with van der Waals surface area (Å²) in [6.45, 7) is 5.14. The van der Waals surface area contributed by atoms with Gasteiger partial charge in [-0.15, -0.1) is 0 Å². The van der Waals surface area contributed by atoms with Crippen LogP contribution >= 0.6 is 0 Å². The number of aromatic nitrogens is 2. The molecular formula is C17H27N5O2. The lowest BCUT2D eigenvalue weighted by molar-refractivity contribution is -0.133. The Balaban J connectivity index is 1.55. The number of piperidine rings is 1.